The van der Waals surface area contributed by atoms with E-state index in [0.29, 0.717) is 11.8 Å². The molecule has 0 spiro atoms. The van der Waals surface area contributed by atoms with Crippen LogP contribution in [0.15, 0.2) is 24.3 Å². The Balaban J connectivity index is 1.68. The molecule has 18 heavy (non-hydrogen) atoms. The molecular weight excluding hydrogens is 246 g/mol. The van der Waals surface area contributed by atoms with Gasteiger partial charge in [-0.3, -0.25) is 0 Å². The van der Waals surface area contributed by atoms with Crippen molar-refractivity contribution in [3.05, 3.63) is 29.8 Å². The van der Waals surface area contributed by atoms with Crippen LogP contribution in [0.2, 0.25) is 0 Å². The monoisotopic (exact) mass is 263 g/mol. The van der Waals surface area contributed by atoms with Gasteiger partial charge in [0.25, 0.3) is 0 Å². The first-order valence-electron chi connectivity index (χ1n) is 5.99. The SMILES string of the molecule is NCC#Cc1ccc(OCCSC2COC2)cc1. The summed E-state index contributed by atoms with van der Waals surface area (Å²) in [5.41, 5.74) is 6.28. The van der Waals surface area contributed by atoms with Crippen molar-refractivity contribution in [2.75, 3.05) is 32.1 Å². The van der Waals surface area contributed by atoms with Crippen LogP contribution in [0.4, 0.5) is 0 Å². The van der Waals surface area contributed by atoms with Crippen LogP contribution in [0, 0.1) is 11.8 Å². The highest BCUT2D eigenvalue weighted by Gasteiger charge is 2.17. The molecule has 1 heterocycles. The second kappa shape index (κ2) is 7.32. The largest absolute Gasteiger partial charge is 0.493 e. The van der Waals surface area contributed by atoms with Gasteiger partial charge in [-0.15, -0.1) is 0 Å². The average molecular weight is 263 g/mol. The molecule has 1 saturated heterocycles. The fourth-order valence-electron chi connectivity index (χ4n) is 1.47. The third-order valence-electron chi connectivity index (χ3n) is 2.50. The fourth-order valence-corrected chi connectivity index (χ4v) is 2.37. The zero-order chi connectivity index (χ0) is 12.6. The molecule has 0 bridgehead atoms. The molecule has 0 radical (unpaired) electrons. The van der Waals surface area contributed by atoms with Crippen LogP contribution in [-0.4, -0.2) is 37.4 Å². The molecule has 1 aromatic carbocycles. The van der Waals surface area contributed by atoms with E-state index in [-0.39, 0.29) is 0 Å². The molecule has 3 nitrogen and oxygen atoms in total. The Morgan fingerprint density at radius 3 is 2.72 bits per heavy atom. The first kappa shape index (κ1) is 13.3. The molecule has 2 rings (SSSR count). The third-order valence-corrected chi connectivity index (χ3v) is 3.65. The number of hydrogen-bond donors (Lipinski definition) is 1. The van der Waals surface area contributed by atoms with E-state index in [0.717, 1.165) is 36.9 Å². The summed E-state index contributed by atoms with van der Waals surface area (Å²) < 4.78 is 10.8. The van der Waals surface area contributed by atoms with E-state index in [1.807, 2.05) is 36.0 Å². The van der Waals surface area contributed by atoms with Gasteiger partial charge in [0.15, 0.2) is 0 Å². The lowest BCUT2D eigenvalue weighted by atomic mass is 10.2. The van der Waals surface area contributed by atoms with Gasteiger partial charge in [-0.2, -0.15) is 11.8 Å². The summed E-state index contributed by atoms with van der Waals surface area (Å²) in [6.45, 7) is 2.90. The van der Waals surface area contributed by atoms with Crippen LogP contribution >= 0.6 is 11.8 Å². The normalized spacial score (nSPS) is 14.5. The predicted molar refractivity (Wildman–Crippen MR) is 74.9 cm³/mol. The Morgan fingerprint density at radius 2 is 2.11 bits per heavy atom. The van der Waals surface area contributed by atoms with Gasteiger partial charge in [0.05, 0.1) is 31.6 Å². The van der Waals surface area contributed by atoms with Crippen LogP contribution in [0.3, 0.4) is 0 Å². The maximum absolute atomic E-state index is 5.65. The number of thioether (sulfide) groups is 1. The van der Waals surface area contributed by atoms with E-state index in [2.05, 4.69) is 11.8 Å². The molecule has 0 amide bonds. The lowest BCUT2D eigenvalue weighted by Gasteiger charge is -2.25. The average Bonchev–Trinajstić information content (AvgIpc) is 2.35. The quantitative estimate of drug-likeness (QED) is 0.646. The van der Waals surface area contributed by atoms with E-state index in [4.69, 9.17) is 15.2 Å². The summed E-state index contributed by atoms with van der Waals surface area (Å²) in [7, 11) is 0. The summed E-state index contributed by atoms with van der Waals surface area (Å²) in [6, 6.07) is 7.78. The van der Waals surface area contributed by atoms with Gasteiger partial charge < -0.3 is 15.2 Å². The molecule has 2 N–H and O–H groups in total. The van der Waals surface area contributed by atoms with Gasteiger partial charge in [0.2, 0.25) is 0 Å². The molecule has 1 fully saturated rings. The van der Waals surface area contributed by atoms with E-state index in [1.54, 1.807) is 0 Å². The van der Waals surface area contributed by atoms with Crippen molar-refractivity contribution in [1.82, 2.24) is 0 Å². The van der Waals surface area contributed by atoms with Gasteiger partial charge in [0.1, 0.15) is 5.75 Å². The molecule has 96 valence electrons. The highest BCUT2D eigenvalue weighted by Crippen LogP contribution is 2.19. The summed E-state index contributed by atoms with van der Waals surface area (Å²) in [6.07, 6.45) is 0. The number of benzene rings is 1. The van der Waals surface area contributed by atoms with Crippen LogP contribution in [0.25, 0.3) is 0 Å². The van der Waals surface area contributed by atoms with Gasteiger partial charge >= 0.3 is 0 Å². The second-order valence-electron chi connectivity index (χ2n) is 3.91. The standard InChI is InChI=1S/C14H17NO2S/c15-7-1-2-12-3-5-13(6-4-12)17-8-9-18-14-10-16-11-14/h3-6,14H,7-11,15H2. The Hall–Kier alpha value is -1.15. The molecule has 4 heteroatoms. The van der Waals surface area contributed by atoms with Crippen molar-refractivity contribution in [2.24, 2.45) is 5.73 Å². The maximum Gasteiger partial charge on any atom is 0.119 e. The highest BCUT2D eigenvalue weighted by atomic mass is 32.2. The van der Waals surface area contributed by atoms with Gasteiger partial charge in [0, 0.05) is 11.3 Å². The van der Waals surface area contributed by atoms with E-state index in [9.17, 15) is 0 Å². The van der Waals surface area contributed by atoms with Crippen molar-refractivity contribution in [3.8, 4) is 17.6 Å². The first-order chi connectivity index (χ1) is 8.88. The molecule has 0 aliphatic carbocycles. The van der Waals surface area contributed by atoms with E-state index >= 15 is 0 Å². The van der Waals surface area contributed by atoms with Gasteiger partial charge in [-0.25, -0.2) is 0 Å². The number of nitrogens with two attached hydrogens (primary N) is 1. The van der Waals surface area contributed by atoms with Crippen molar-refractivity contribution in [1.29, 1.82) is 0 Å². The van der Waals surface area contributed by atoms with E-state index in [1.165, 1.54) is 0 Å². The predicted octanol–water partition coefficient (Wildman–Crippen LogP) is 1.51. The maximum atomic E-state index is 5.65. The molecule has 0 atom stereocenters. The first-order valence-corrected chi connectivity index (χ1v) is 7.04. The lowest BCUT2D eigenvalue weighted by Crippen LogP contribution is -2.31. The van der Waals surface area contributed by atoms with Gasteiger partial charge in [-0.05, 0) is 24.3 Å². The van der Waals surface area contributed by atoms with Crippen LogP contribution < -0.4 is 10.5 Å². The van der Waals surface area contributed by atoms with Crippen LogP contribution in [-0.2, 0) is 4.74 Å². The minimum absolute atomic E-state index is 0.389. The van der Waals surface area contributed by atoms with Crippen molar-refractivity contribution in [2.45, 2.75) is 5.25 Å². The van der Waals surface area contributed by atoms with Crippen molar-refractivity contribution in [3.63, 3.8) is 0 Å². The Bertz CT molecular complexity index is 418. The molecular formula is C14H17NO2S. The Labute approximate surface area is 112 Å². The summed E-state index contributed by atoms with van der Waals surface area (Å²) in [5.74, 6) is 7.69. The summed E-state index contributed by atoms with van der Waals surface area (Å²) >= 11 is 1.91. The minimum Gasteiger partial charge on any atom is -0.493 e. The van der Waals surface area contributed by atoms with Crippen LogP contribution in [0.1, 0.15) is 5.56 Å². The molecule has 1 aromatic rings. The second-order valence-corrected chi connectivity index (χ2v) is 5.32. The molecule has 0 aromatic heterocycles. The van der Waals surface area contributed by atoms with Gasteiger partial charge in [-0.1, -0.05) is 11.8 Å². The number of ether oxygens (including phenoxy) is 2. The highest BCUT2D eigenvalue weighted by molar-refractivity contribution is 8.00. The topological polar surface area (TPSA) is 44.5 Å². The summed E-state index contributed by atoms with van der Waals surface area (Å²) in [5, 5.41) is 0.669. The molecule has 1 aliphatic heterocycles. The van der Waals surface area contributed by atoms with E-state index < -0.39 is 0 Å². The zero-order valence-electron chi connectivity index (χ0n) is 10.2. The zero-order valence-corrected chi connectivity index (χ0v) is 11.0. The third kappa shape index (κ3) is 4.26. The lowest BCUT2D eigenvalue weighted by molar-refractivity contribution is 0.0454. The Kier molecular flexibility index (Phi) is 5.40. The van der Waals surface area contributed by atoms with Crippen LogP contribution in [0.5, 0.6) is 5.75 Å². The number of rotatable bonds is 5. The Morgan fingerprint density at radius 1 is 1.33 bits per heavy atom. The summed E-state index contributed by atoms with van der Waals surface area (Å²) in [4.78, 5) is 0. The molecule has 0 saturated carbocycles. The fraction of sp³-hybridized carbons (Fsp3) is 0.429. The number of hydrogen-bond acceptors (Lipinski definition) is 4. The van der Waals surface area contributed by atoms with Crippen molar-refractivity contribution >= 4 is 11.8 Å². The minimum atomic E-state index is 0.389. The van der Waals surface area contributed by atoms with Crippen molar-refractivity contribution < 1.29 is 9.47 Å². The smallest absolute Gasteiger partial charge is 0.119 e. The molecule has 1 aliphatic rings. The molecule has 0 unspecified atom stereocenters.